The molecule has 140 valence electrons. The maximum Gasteiger partial charge on any atom is 0.490 e. The van der Waals surface area contributed by atoms with Gasteiger partial charge in [-0.05, 0) is 24.3 Å². The first-order chi connectivity index (χ1) is 11.5. The van der Waals surface area contributed by atoms with E-state index in [0.717, 1.165) is 31.9 Å². The van der Waals surface area contributed by atoms with Crippen molar-refractivity contribution in [1.82, 2.24) is 0 Å². The van der Waals surface area contributed by atoms with Gasteiger partial charge >= 0.3 is 18.1 Å². The van der Waals surface area contributed by atoms with E-state index in [0.29, 0.717) is 0 Å². The number of esters is 2. The summed E-state index contributed by atoms with van der Waals surface area (Å²) in [6.45, 7) is 4.22. The summed E-state index contributed by atoms with van der Waals surface area (Å²) in [4.78, 5) is 23.8. The first-order valence-electron chi connectivity index (χ1n) is 8.20. The summed E-state index contributed by atoms with van der Waals surface area (Å²) in [5.41, 5.74) is -1.50. The van der Waals surface area contributed by atoms with Gasteiger partial charge in [0.15, 0.2) is 6.10 Å². The molecule has 0 radical (unpaired) electrons. The lowest BCUT2D eigenvalue weighted by molar-refractivity contribution is -0.215. The van der Waals surface area contributed by atoms with Crippen LogP contribution >= 0.6 is 0 Å². The van der Waals surface area contributed by atoms with Crippen molar-refractivity contribution in [3.63, 3.8) is 0 Å². The number of methoxy groups -OCH3 is 1. The molecule has 0 amide bonds. The summed E-state index contributed by atoms with van der Waals surface area (Å²) in [7, 11) is 1.14. The zero-order chi connectivity index (χ0) is 18.7. The van der Waals surface area contributed by atoms with E-state index in [1.807, 2.05) is 13.8 Å². The number of hydrogen-bond donors (Lipinski definition) is 0. The summed E-state index contributed by atoms with van der Waals surface area (Å²) in [5.74, 6) is -3.16. The van der Waals surface area contributed by atoms with E-state index in [1.165, 1.54) is 6.08 Å². The van der Waals surface area contributed by atoms with E-state index < -0.39 is 35.2 Å². The van der Waals surface area contributed by atoms with Gasteiger partial charge in [0.1, 0.15) is 0 Å². The first-order valence-corrected chi connectivity index (χ1v) is 8.20. The molecular weight excluding hydrogens is 341 g/mol. The highest BCUT2D eigenvalue weighted by Gasteiger charge is 2.66. The molecule has 3 aliphatic rings. The highest BCUT2D eigenvalue weighted by atomic mass is 19.4. The normalized spacial score (nSPS) is 36.2. The predicted molar refractivity (Wildman–Crippen MR) is 79.4 cm³/mol. The zero-order valence-corrected chi connectivity index (χ0v) is 14.4. The fraction of sp³-hybridized carbons (Fsp3) is 0.765. The van der Waals surface area contributed by atoms with E-state index in [2.05, 4.69) is 4.74 Å². The fourth-order valence-corrected chi connectivity index (χ4v) is 4.66. The molecule has 0 unspecified atom stereocenters. The monoisotopic (exact) mass is 362 g/mol. The SMILES string of the molecule is COC(=O)[C@]12C[C@@]3(CCCC(C)(C)C3=C[C@@H]1OC(=O)C(F)(F)F)CO2. The Morgan fingerprint density at radius 3 is 2.56 bits per heavy atom. The summed E-state index contributed by atoms with van der Waals surface area (Å²) in [6.07, 6.45) is -2.37. The van der Waals surface area contributed by atoms with Crippen LogP contribution in [0.5, 0.6) is 0 Å². The van der Waals surface area contributed by atoms with Crippen LogP contribution in [0.2, 0.25) is 0 Å². The summed E-state index contributed by atoms with van der Waals surface area (Å²) < 4.78 is 53.2. The van der Waals surface area contributed by atoms with Crippen molar-refractivity contribution < 1.29 is 37.0 Å². The average Bonchev–Trinajstić information content (AvgIpc) is 2.83. The van der Waals surface area contributed by atoms with Crippen molar-refractivity contribution in [2.75, 3.05) is 13.7 Å². The maximum atomic E-state index is 12.7. The van der Waals surface area contributed by atoms with Gasteiger partial charge in [-0.1, -0.05) is 25.8 Å². The number of alkyl halides is 3. The zero-order valence-electron chi connectivity index (χ0n) is 14.4. The second-order valence-corrected chi connectivity index (χ2v) is 7.77. The van der Waals surface area contributed by atoms with E-state index in [-0.39, 0.29) is 18.4 Å². The standard InChI is InChI=1S/C17H21F3O5/c1-14(2)5-4-6-15-8-16(24-9-15,12(21)23-3)11(7-10(14)15)25-13(22)17(18,19)20/h7,11H,4-6,8-9H2,1-3H3/t11-,15-,16-/m0/s1. The molecule has 3 rings (SSSR count). The van der Waals surface area contributed by atoms with Crippen LogP contribution < -0.4 is 0 Å². The molecular formula is C17H21F3O5. The molecule has 0 N–H and O–H groups in total. The Morgan fingerprint density at radius 2 is 1.96 bits per heavy atom. The second-order valence-electron chi connectivity index (χ2n) is 7.77. The molecule has 25 heavy (non-hydrogen) atoms. The lowest BCUT2D eigenvalue weighted by atomic mass is 9.55. The smallest absolute Gasteiger partial charge is 0.467 e. The van der Waals surface area contributed by atoms with Gasteiger partial charge in [-0.25, -0.2) is 9.59 Å². The Kier molecular flexibility index (Phi) is 3.98. The third kappa shape index (κ3) is 2.65. The third-order valence-corrected chi connectivity index (χ3v) is 5.74. The quantitative estimate of drug-likeness (QED) is 0.558. The van der Waals surface area contributed by atoms with Crippen molar-refractivity contribution >= 4 is 11.9 Å². The molecule has 1 saturated carbocycles. The molecule has 0 aromatic carbocycles. The number of carbonyl (C=O) groups is 2. The number of ether oxygens (including phenoxy) is 3. The van der Waals surface area contributed by atoms with E-state index in [1.54, 1.807) is 0 Å². The van der Waals surface area contributed by atoms with Crippen molar-refractivity contribution in [3.8, 4) is 0 Å². The molecule has 2 aliphatic carbocycles. The Hall–Kier alpha value is -1.57. The molecule has 2 fully saturated rings. The molecule has 2 bridgehead atoms. The summed E-state index contributed by atoms with van der Waals surface area (Å²) in [6, 6.07) is 0. The van der Waals surface area contributed by atoms with Crippen LogP contribution in [0, 0.1) is 10.8 Å². The summed E-state index contributed by atoms with van der Waals surface area (Å²) in [5, 5.41) is 0. The largest absolute Gasteiger partial charge is 0.490 e. The van der Waals surface area contributed by atoms with Gasteiger partial charge in [0.05, 0.1) is 13.7 Å². The van der Waals surface area contributed by atoms with E-state index in [4.69, 9.17) is 9.47 Å². The molecule has 1 spiro atoms. The number of rotatable bonds is 2. The molecule has 0 aromatic heterocycles. The van der Waals surface area contributed by atoms with E-state index in [9.17, 15) is 22.8 Å². The molecule has 1 heterocycles. The van der Waals surface area contributed by atoms with Crippen LogP contribution in [-0.2, 0) is 23.8 Å². The average molecular weight is 362 g/mol. The minimum atomic E-state index is -5.15. The first kappa shape index (κ1) is 18.2. The van der Waals surface area contributed by atoms with Gasteiger partial charge in [0.25, 0.3) is 0 Å². The van der Waals surface area contributed by atoms with Gasteiger partial charge in [-0.2, -0.15) is 13.2 Å². The van der Waals surface area contributed by atoms with Gasteiger partial charge < -0.3 is 14.2 Å². The highest BCUT2D eigenvalue weighted by molar-refractivity contribution is 5.84. The van der Waals surface area contributed by atoms with Gasteiger partial charge in [-0.3, -0.25) is 0 Å². The van der Waals surface area contributed by atoms with Crippen LogP contribution in [0.3, 0.4) is 0 Å². The minimum Gasteiger partial charge on any atom is -0.467 e. The molecule has 1 saturated heterocycles. The summed E-state index contributed by atoms with van der Waals surface area (Å²) >= 11 is 0. The van der Waals surface area contributed by atoms with Crippen LogP contribution in [0.4, 0.5) is 13.2 Å². The topological polar surface area (TPSA) is 61.8 Å². The maximum absolute atomic E-state index is 12.7. The number of hydrogen-bond acceptors (Lipinski definition) is 5. The minimum absolute atomic E-state index is 0.164. The third-order valence-electron chi connectivity index (χ3n) is 5.74. The Balaban J connectivity index is 2.07. The van der Waals surface area contributed by atoms with Gasteiger partial charge in [0, 0.05) is 11.8 Å². The molecule has 5 nitrogen and oxygen atoms in total. The molecule has 8 heteroatoms. The molecule has 1 aliphatic heterocycles. The molecule has 0 aromatic rings. The highest BCUT2D eigenvalue weighted by Crippen LogP contribution is 2.62. The van der Waals surface area contributed by atoms with Crippen molar-refractivity contribution in [2.45, 2.75) is 57.4 Å². The van der Waals surface area contributed by atoms with Crippen LogP contribution in [0.15, 0.2) is 11.6 Å². The van der Waals surface area contributed by atoms with Gasteiger partial charge in [-0.15, -0.1) is 0 Å². The van der Waals surface area contributed by atoms with E-state index >= 15 is 0 Å². The number of carbonyl (C=O) groups excluding carboxylic acids is 2. The lowest BCUT2D eigenvalue weighted by Gasteiger charge is -2.49. The van der Waals surface area contributed by atoms with Crippen LogP contribution in [-0.4, -0.2) is 43.5 Å². The second kappa shape index (κ2) is 5.46. The Labute approximate surface area is 143 Å². The Morgan fingerprint density at radius 1 is 1.28 bits per heavy atom. The Bertz CT molecular complexity index is 639. The van der Waals surface area contributed by atoms with Crippen LogP contribution in [0.25, 0.3) is 0 Å². The van der Waals surface area contributed by atoms with Crippen molar-refractivity contribution in [2.24, 2.45) is 10.8 Å². The fourth-order valence-electron chi connectivity index (χ4n) is 4.66. The number of halogens is 3. The molecule has 3 atom stereocenters. The van der Waals surface area contributed by atoms with Crippen molar-refractivity contribution in [3.05, 3.63) is 11.6 Å². The predicted octanol–water partition coefficient (Wildman–Crippen LogP) is 2.93. The van der Waals surface area contributed by atoms with Crippen LogP contribution in [0.1, 0.15) is 39.5 Å². The number of fused-ring (bicyclic) bond motifs is 1. The van der Waals surface area contributed by atoms with Crippen molar-refractivity contribution in [1.29, 1.82) is 0 Å². The van der Waals surface area contributed by atoms with Gasteiger partial charge in [0.2, 0.25) is 5.60 Å². The lowest BCUT2D eigenvalue weighted by Crippen LogP contribution is -2.55.